The van der Waals surface area contributed by atoms with Gasteiger partial charge in [-0.25, -0.2) is 0 Å². The number of rotatable bonds is 3. The molecule has 0 bridgehead atoms. The van der Waals surface area contributed by atoms with E-state index in [9.17, 15) is 0 Å². The van der Waals surface area contributed by atoms with Gasteiger partial charge in [-0.3, -0.25) is 0 Å². The van der Waals surface area contributed by atoms with Crippen molar-refractivity contribution in [2.75, 3.05) is 5.73 Å². The second kappa shape index (κ2) is 5.30. The molecule has 88 valence electrons. The van der Waals surface area contributed by atoms with Gasteiger partial charge < -0.3 is 10.5 Å². The Hall–Kier alpha value is -1.38. The first kappa shape index (κ1) is 12.1. The topological polar surface area (TPSA) is 35.2 Å². The van der Waals surface area contributed by atoms with Crippen LogP contribution in [0.15, 0.2) is 42.5 Å². The Bertz CT molecular complexity index is 508. The molecule has 0 aliphatic rings. The minimum absolute atomic E-state index is 0.325. The molecule has 0 radical (unpaired) electrons. The molecule has 0 unspecified atom stereocenters. The van der Waals surface area contributed by atoms with Gasteiger partial charge in [-0.1, -0.05) is 35.3 Å². The van der Waals surface area contributed by atoms with Gasteiger partial charge in [-0.05, 0) is 30.3 Å². The van der Waals surface area contributed by atoms with Crippen molar-refractivity contribution in [1.82, 2.24) is 0 Å². The summed E-state index contributed by atoms with van der Waals surface area (Å²) in [4.78, 5) is 0. The molecule has 4 heteroatoms. The smallest absolute Gasteiger partial charge is 0.121 e. The first-order valence-electron chi connectivity index (χ1n) is 5.08. The zero-order valence-corrected chi connectivity index (χ0v) is 10.5. The number of anilines is 1. The van der Waals surface area contributed by atoms with E-state index in [0.717, 1.165) is 5.56 Å². The number of hydrogen-bond acceptors (Lipinski definition) is 2. The lowest BCUT2D eigenvalue weighted by molar-refractivity contribution is 0.307. The Labute approximate surface area is 110 Å². The molecule has 17 heavy (non-hydrogen) atoms. The second-order valence-electron chi connectivity index (χ2n) is 3.55. The van der Waals surface area contributed by atoms with Crippen LogP contribution in [0.25, 0.3) is 0 Å². The average molecular weight is 268 g/mol. The lowest BCUT2D eigenvalue weighted by Crippen LogP contribution is -2.00. The van der Waals surface area contributed by atoms with Gasteiger partial charge in [0.2, 0.25) is 0 Å². The predicted molar refractivity (Wildman–Crippen MR) is 71.6 cm³/mol. The van der Waals surface area contributed by atoms with Crippen LogP contribution >= 0.6 is 23.2 Å². The summed E-state index contributed by atoms with van der Waals surface area (Å²) >= 11 is 11.9. The maximum atomic E-state index is 6.04. The molecule has 2 rings (SSSR count). The van der Waals surface area contributed by atoms with E-state index in [4.69, 9.17) is 33.7 Å². The van der Waals surface area contributed by atoms with Gasteiger partial charge in [-0.2, -0.15) is 0 Å². The molecule has 2 nitrogen and oxygen atoms in total. The van der Waals surface area contributed by atoms with E-state index in [1.54, 1.807) is 30.3 Å². The number of nitrogen functional groups attached to an aromatic ring is 1. The van der Waals surface area contributed by atoms with Gasteiger partial charge in [0.15, 0.2) is 0 Å². The molecule has 0 aliphatic carbocycles. The van der Waals surface area contributed by atoms with Crippen molar-refractivity contribution >= 4 is 28.9 Å². The van der Waals surface area contributed by atoms with Gasteiger partial charge in [0, 0.05) is 21.3 Å². The molecule has 2 aromatic carbocycles. The third-order valence-electron chi connectivity index (χ3n) is 2.33. The van der Waals surface area contributed by atoms with Crippen LogP contribution in [0.3, 0.4) is 0 Å². The summed E-state index contributed by atoms with van der Waals surface area (Å²) in [6.07, 6.45) is 0. The summed E-state index contributed by atoms with van der Waals surface area (Å²) in [6, 6.07) is 12.6. The Kier molecular flexibility index (Phi) is 3.77. The lowest BCUT2D eigenvalue weighted by Gasteiger charge is -2.10. The minimum Gasteiger partial charge on any atom is -0.489 e. The third kappa shape index (κ3) is 3.05. The highest BCUT2D eigenvalue weighted by Crippen LogP contribution is 2.24. The van der Waals surface area contributed by atoms with E-state index >= 15 is 0 Å². The first-order valence-corrected chi connectivity index (χ1v) is 5.83. The summed E-state index contributed by atoms with van der Waals surface area (Å²) < 4.78 is 5.59. The van der Waals surface area contributed by atoms with Gasteiger partial charge in [0.1, 0.15) is 12.4 Å². The fourth-order valence-corrected chi connectivity index (χ4v) is 1.86. The monoisotopic (exact) mass is 267 g/mol. The van der Waals surface area contributed by atoms with Crippen LogP contribution in [0.4, 0.5) is 5.69 Å². The highest BCUT2D eigenvalue weighted by molar-refractivity contribution is 6.31. The standard InChI is InChI=1S/C13H11Cl2NO/c14-9-3-1-4-10(7-9)17-8-11-12(15)5-2-6-13(11)16/h1-7H,8,16H2. The van der Waals surface area contributed by atoms with Crippen LogP contribution < -0.4 is 10.5 Å². The van der Waals surface area contributed by atoms with Crippen molar-refractivity contribution < 1.29 is 4.74 Å². The zero-order chi connectivity index (χ0) is 12.3. The molecule has 0 saturated heterocycles. The van der Waals surface area contributed by atoms with E-state index < -0.39 is 0 Å². The number of benzene rings is 2. The van der Waals surface area contributed by atoms with E-state index in [1.807, 2.05) is 12.1 Å². The fraction of sp³-hybridized carbons (Fsp3) is 0.0769. The molecule has 2 aromatic rings. The Morgan fingerprint density at radius 3 is 2.53 bits per heavy atom. The Balaban J connectivity index is 2.13. The highest BCUT2D eigenvalue weighted by atomic mass is 35.5. The lowest BCUT2D eigenvalue weighted by atomic mass is 10.2. The third-order valence-corrected chi connectivity index (χ3v) is 2.92. The molecule has 0 heterocycles. The van der Waals surface area contributed by atoms with Gasteiger partial charge in [0.05, 0.1) is 0 Å². The normalized spacial score (nSPS) is 10.2. The van der Waals surface area contributed by atoms with Crippen molar-refractivity contribution in [1.29, 1.82) is 0 Å². The predicted octanol–water partition coefficient (Wildman–Crippen LogP) is 4.15. The van der Waals surface area contributed by atoms with Crippen molar-refractivity contribution in [2.24, 2.45) is 0 Å². The Morgan fingerprint density at radius 1 is 1.06 bits per heavy atom. The molecule has 0 aliphatic heterocycles. The van der Waals surface area contributed by atoms with Gasteiger partial charge in [0.25, 0.3) is 0 Å². The number of hydrogen-bond donors (Lipinski definition) is 1. The van der Waals surface area contributed by atoms with Crippen molar-refractivity contribution in [3.8, 4) is 5.75 Å². The van der Waals surface area contributed by atoms with Crippen LogP contribution in [-0.4, -0.2) is 0 Å². The molecule has 0 amide bonds. The molecular formula is C13H11Cl2NO. The average Bonchev–Trinajstić information content (AvgIpc) is 2.28. The van der Waals surface area contributed by atoms with E-state index in [-0.39, 0.29) is 0 Å². The van der Waals surface area contributed by atoms with Crippen LogP contribution in [0.2, 0.25) is 10.0 Å². The minimum atomic E-state index is 0.325. The fourth-order valence-electron chi connectivity index (χ4n) is 1.44. The number of nitrogens with two attached hydrogens (primary N) is 1. The SMILES string of the molecule is Nc1cccc(Cl)c1COc1cccc(Cl)c1. The molecule has 0 spiro atoms. The van der Waals surface area contributed by atoms with E-state index in [0.29, 0.717) is 28.1 Å². The van der Waals surface area contributed by atoms with Crippen molar-refractivity contribution in [3.63, 3.8) is 0 Å². The zero-order valence-electron chi connectivity index (χ0n) is 8.99. The van der Waals surface area contributed by atoms with Gasteiger partial charge >= 0.3 is 0 Å². The van der Waals surface area contributed by atoms with Crippen molar-refractivity contribution in [2.45, 2.75) is 6.61 Å². The van der Waals surface area contributed by atoms with Crippen LogP contribution in [0.1, 0.15) is 5.56 Å². The van der Waals surface area contributed by atoms with Gasteiger partial charge in [-0.15, -0.1) is 0 Å². The summed E-state index contributed by atoms with van der Waals surface area (Å²) in [5.74, 6) is 0.691. The van der Waals surface area contributed by atoms with E-state index in [2.05, 4.69) is 0 Å². The first-order chi connectivity index (χ1) is 8.16. The molecule has 0 aromatic heterocycles. The summed E-state index contributed by atoms with van der Waals surface area (Å²) in [7, 11) is 0. The highest BCUT2D eigenvalue weighted by Gasteiger charge is 2.05. The summed E-state index contributed by atoms with van der Waals surface area (Å²) in [5.41, 5.74) is 7.24. The quantitative estimate of drug-likeness (QED) is 0.848. The Morgan fingerprint density at radius 2 is 1.82 bits per heavy atom. The maximum Gasteiger partial charge on any atom is 0.121 e. The molecule has 0 fully saturated rings. The summed E-state index contributed by atoms with van der Waals surface area (Å²) in [6.45, 7) is 0.325. The second-order valence-corrected chi connectivity index (χ2v) is 4.40. The van der Waals surface area contributed by atoms with Crippen LogP contribution in [0.5, 0.6) is 5.75 Å². The number of halogens is 2. The van der Waals surface area contributed by atoms with Crippen LogP contribution in [-0.2, 0) is 6.61 Å². The molecule has 0 saturated carbocycles. The van der Waals surface area contributed by atoms with E-state index in [1.165, 1.54) is 0 Å². The van der Waals surface area contributed by atoms with Crippen LogP contribution in [0, 0.1) is 0 Å². The number of ether oxygens (including phenoxy) is 1. The molecule has 2 N–H and O–H groups in total. The summed E-state index contributed by atoms with van der Waals surface area (Å²) in [5, 5.41) is 1.24. The van der Waals surface area contributed by atoms with Crippen molar-refractivity contribution in [3.05, 3.63) is 58.1 Å². The molecule has 0 atom stereocenters. The molecular weight excluding hydrogens is 257 g/mol. The largest absolute Gasteiger partial charge is 0.489 e. The maximum absolute atomic E-state index is 6.04.